The zero-order valence-corrected chi connectivity index (χ0v) is 16.7. The number of anilines is 1. The van der Waals surface area contributed by atoms with Crippen LogP contribution in [-0.2, 0) is 14.3 Å². The van der Waals surface area contributed by atoms with Gasteiger partial charge in [-0.25, -0.2) is 4.79 Å². The van der Waals surface area contributed by atoms with Crippen LogP contribution in [0.15, 0.2) is 54.6 Å². The van der Waals surface area contributed by atoms with Gasteiger partial charge in [0.05, 0.1) is 23.1 Å². The summed E-state index contributed by atoms with van der Waals surface area (Å²) in [5.41, 5.74) is 1.03. The molecule has 1 aliphatic heterocycles. The van der Waals surface area contributed by atoms with Gasteiger partial charge in [0.2, 0.25) is 11.8 Å². The van der Waals surface area contributed by atoms with E-state index in [1.807, 2.05) is 0 Å². The van der Waals surface area contributed by atoms with E-state index in [2.05, 4.69) is 6.92 Å². The predicted molar refractivity (Wildman–Crippen MR) is 110 cm³/mol. The van der Waals surface area contributed by atoms with Crippen molar-refractivity contribution in [2.24, 2.45) is 17.8 Å². The van der Waals surface area contributed by atoms with E-state index in [1.165, 1.54) is 11.0 Å². The molecule has 6 nitrogen and oxygen atoms in total. The van der Waals surface area contributed by atoms with Crippen molar-refractivity contribution >= 4 is 29.3 Å². The number of imide groups is 1. The molecule has 0 N–H and O–H groups in total. The molecule has 2 aliphatic rings. The summed E-state index contributed by atoms with van der Waals surface area (Å²) in [5.74, 6) is -1.49. The van der Waals surface area contributed by atoms with E-state index in [0.717, 1.165) is 19.3 Å². The van der Waals surface area contributed by atoms with Crippen LogP contribution in [0.3, 0.4) is 0 Å². The maximum Gasteiger partial charge on any atom is 0.338 e. The van der Waals surface area contributed by atoms with E-state index in [9.17, 15) is 19.2 Å². The van der Waals surface area contributed by atoms with Crippen LogP contribution < -0.4 is 4.90 Å². The van der Waals surface area contributed by atoms with E-state index in [4.69, 9.17) is 4.74 Å². The molecule has 0 bridgehead atoms. The van der Waals surface area contributed by atoms with Gasteiger partial charge in [-0.1, -0.05) is 43.3 Å². The lowest BCUT2D eigenvalue weighted by Crippen LogP contribution is -2.31. The van der Waals surface area contributed by atoms with Crippen molar-refractivity contribution < 1.29 is 23.9 Å². The van der Waals surface area contributed by atoms with Gasteiger partial charge in [0.1, 0.15) is 0 Å². The van der Waals surface area contributed by atoms with Gasteiger partial charge in [-0.05, 0) is 43.4 Å². The summed E-state index contributed by atoms with van der Waals surface area (Å²) in [6.45, 7) is 1.72. The number of ether oxygens (including phenoxy) is 1. The van der Waals surface area contributed by atoms with Gasteiger partial charge in [-0.2, -0.15) is 0 Å². The molecule has 1 aliphatic carbocycles. The molecule has 2 aromatic rings. The summed E-state index contributed by atoms with van der Waals surface area (Å²) in [4.78, 5) is 51.5. The van der Waals surface area contributed by atoms with Crippen molar-refractivity contribution in [2.75, 3.05) is 11.5 Å². The zero-order chi connectivity index (χ0) is 21.3. The van der Waals surface area contributed by atoms with Gasteiger partial charge in [0.25, 0.3) is 0 Å². The fourth-order valence-corrected chi connectivity index (χ4v) is 4.34. The largest absolute Gasteiger partial charge is 0.454 e. The van der Waals surface area contributed by atoms with Gasteiger partial charge in [-0.15, -0.1) is 0 Å². The van der Waals surface area contributed by atoms with Crippen molar-refractivity contribution in [2.45, 2.75) is 26.2 Å². The van der Waals surface area contributed by atoms with Crippen LogP contribution in [0, 0.1) is 17.8 Å². The van der Waals surface area contributed by atoms with Gasteiger partial charge in [0.15, 0.2) is 12.4 Å². The molecule has 2 fully saturated rings. The summed E-state index contributed by atoms with van der Waals surface area (Å²) in [6.07, 6.45) is 2.38. The number of esters is 1. The van der Waals surface area contributed by atoms with E-state index >= 15 is 0 Å². The number of carbonyl (C=O) groups is 4. The molecule has 1 heterocycles. The standard InChI is InChI=1S/C24H23NO5/c1-15-10-11-19-20(12-15)23(28)25(22(19)27)18-9-5-8-17(13-18)24(29)30-14-21(26)16-6-3-2-4-7-16/h2-9,13,15,19-20H,10-12,14H2,1H3/t15-,19+,20+/m1/s1. The molecule has 6 heteroatoms. The predicted octanol–water partition coefficient (Wildman–Crippen LogP) is 3.65. The summed E-state index contributed by atoms with van der Waals surface area (Å²) in [6, 6.07) is 14.8. The van der Waals surface area contributed by atoms with Crippen LogP contribution in [0.5, 0.6) is 0 Å². The summed E-state index contributed by atoms with van der Waals surface area (Å²) >= 11 is 0. The lowest BCUT2D eigenvalue weighted by atomic mass is 9.76. The van der Waals surface area contributed by atoms with Crippen LogP contribution in [0.2, 0.25) is 0 Å². The minimum Gasteiger partial charge on any atom is -0.454 e. The Morgan fingerprint density at radius 2 is 1.63 bits per heavy atom. The number of nitrogens with zero attached hydrogens (tertiary/aromatic N) is 1. The zero-order valence-electron chi connectivity index (χ0n) is 16.7. The third-order valence-corrected chi connectivity index (χ3v) is 5.96. The number of ketones is 1. The van der Waals surface area contributed by atoms with Crippen LogP contribution in [0.4, 0.5) is 5.69 Å². The number of amides is 2. The number of fused-ring (bicyclic) bond motifs is 1. The minimum absolute atomic E-state index is 0.192. The van der Waals surface area contributed by atoms with Gasteiger partial charge in [-0.3, -0.25) is 19.3 Å². The topological polar surface area (TPSA) is 80.8 Å². The van der Waals surface area contributed by atoms with Gasteiger partial charge >= 0.3 is 5.97 Å². The van der Waals surface area contributed by atoms with Crippen molar-refractivity contribution in [3.05, 3.63) is 65.7 Å². The molecule has 4 rings (SSSR count). The third-order valence-electron chi connectivity index (χ3n) is 5.96. The molecule has 154 valence electrons. The highest BCUT2D eigenvalue weighted by Crippen LogP contribution is 2.42. The average Bonchev–Trinajstić information content (AvgIpc) is 3.01. The van der Waals surface area contributed by atoms with Crippen LogP contribution >= 0.6 is 0 Å². The molecule has 0 radical (unpaired) electrons. The molecule has 30 heavy (non-hydrogen) atoms. The molecule has 0 aromatic heterocycles. The molecular weight excluding hydrogens is 382 g/mol. The number of carbonyl (C=O) groups excluding carboxylic acids is 4. The Balaban J connectivity index is 1.47. The summed E-state index contributed by atoms with van der Waals surface area (Å²) in [7, 11) is 0. The van der Waals surface area contributed by atoms with Gasteiger partial charge < -0.3 is 4.74 Å². The highest BCUT2D eigenvalue weighted by molar-refractivity contribution is 6.22. The Morgan fingerprint density at radius 3 is 2.40 bits per heavy atom. The van der Waals surface area contributed by atoms with Crippen LogP contribution in [-0.4, -0.2) is 30.2 Å². The first-order chi connectivity index (χ1) is 14.5. The molecule has 3 atom stereocenters. The number of hydrogen-bond donors (Lipinski definition) is 0. The Bertz CT molecular complexity index is 1000. The smallest absolute Gasteiger partial charge is 0.338 e. The molecule has 2 aromatic carbocycles. The number of Topliss-reactive ketones (excluding diaryl/α,β-unsaturated/α-hetero) is 1. The van der Waals surface area contributed by atoms with Gasteiger partial charge in [0, 0.05) is 5.56 Å². The molecule has 1 saturated carbocycles. The van der Waals surface area contributed by atoms with E-state index in [1.54, 1.807) is 48.5 Å². The van der Waals surface area contributed by atoms with Crippen LogP contribution in [0.1, 0.15) is 46.9 Å². The van der Waals surface area contributed by atoms with Crippen molar-refractivity contribution in [1.82, 2.24) is 0 Å². The summed E-state index contributed by atoms with van der Waals surface area (Å²) in [5, 5.41) is 0. The lowest BCUT2D eigenvalue weighted by Gasteiger charge is -2.25. The number of rotatable bonds is 5. The Morgan fingerprint density at radius 1 is 0.933 bits per heavy atom. The van der Waals surface area contributed by atoms with Crippen molar-refractivity contribution in [3.63, 3.8) is 0 Å². The SMILES string of the molecule is C[C@@H]1CC[C@@H]2C(=O)N(c3cccc(C(=O)OCC(=O)c4ccccc4)c3)C(=O)[C@H]2C1. The van der Waals surface area contributed by atoms with E-state index in [0.29, 0.717) is 17.2 Å². The second-order valence-corrected chi connectivity index (χ2v) is 8.06. The molecule has 2 amide bonds. The fourth-order valence-electron chi connectivity index (χ4n) is 4.34. The molecule has 0 spiro atoms. The Labute approximate surface area is 174 Å². The maximum atomic E-state index is 12.9. The quantitative estimate of drug-likeness (QED) is 0.431. The Hall–Kier alpha value is -3.28. The second kappa shape index (κ2) is 8.22. The van der Waals surface area contributed by atoms with Crippen LogP contribution in [0.25, 0.3) is 0 Å². The third kappa shape index (κ3) is 3.77. The van der Waals surface area contributed by atoms with Crippen molar-refractivity contribution in [3.8, 4) is 0 Å². The molecule has 0 unspecified atom stereocenters. The molecule has 1 saturated heterocycles. The van der Waals surface area contributed by atoms with E-state index < -0.39 is 5.97 Å². The highest BCUT2D eigenvalue weighted by atomic mass is 16.5. The lowest BCUT2D eigenvalue weighted by molar-refractivity contribution is -0.122. The fraction of sp³-hybridized carbons (Fsp3) is 0.333. The Kier molecular flexibility index (Phi) is 5.48. The first-order valence-corrected chi connectivity index (χ1v) is 10.2. The number of hydrogen-bond acceptors (Lipinski definition) is 5. The first-order valence-electron chi connectivity index (χ1n) is 10.2. The minimum atomic E-state index is -0.675. The first kappa shape index (κ1) is 20.0. The molecular formula is C24H23NO5. The monoisotopic (exact) mass is 405 g/mol. The highest BCUT2D eigenvalue weighted by Gasteiger charge is 2.50. The summed E-state index contributed by atoms with van der Waals surface area (Å²) < 4.78 is 5.15. The number of benzene rings is 2. The maximum absolute atomic E-state index is 12.9. The van der Waals surface area contributed by atoms with Crippen molar-refractivity contribution in [1.29, 1.82) is 0 Å². The normalized spacial score (nSPS) is 23.2. The second-order valence-electron chi connectivity index (χ2n) is 8.06. The van der Waals surface area contributed by atoms with E-state index in [-0.39, 0.29) is 41.6 Å². The average molecular weight is 405 g/mol.